The first-order valence-electron chi connectivity index (χ1n) is 8.79. The molecule has 0 fully saturated rings. The van der Waals surface area contributed by atoms with Gasteiger partial charge < -0.3 is 54.5 Å². The molecule has 0 nitrogen and oxygen atoms in total. The van der Waals surface area contributed by atoms with Crippen LogP contribution in [0, 0.1) is 29.7 Å². The fourth-order valence-corrected chi connectivity index (χ4v) is 2.99. The van der Waals surface area contributed by atoms with Crippen molar-refractivity contribution in [2.75, 3.05) is 0 Å². The molecule has 5 heteroatoms. The summed E-state index contributed by atoms with van der Waals surface area (Å²) in [4.78, 5) is 0. The molecule has 0 spiro atoms. The molecule has 0 heterocycles. The summed E-state index contributed by atoms with van der Waals surface area (Å²) in [5.74, 6) is 0. The maximum Gasteiger partial charge on any atom is 0 e. The zero-order chi connectivity index (χ0) is 16.6. The first kappa shape index (κ1) is 49.4. The van der Waals surface area contributed by atoms with E-state index in [1.165, 1.54) is 46.7 Å². The Kier molecular flexibility index (Phi) is 41.3. The van der Waals surface area contributed by atoms with Crippen molar-refractivity contribution < 1.29 is 51.0 Å². The van der Waals surface area contributed by atoms with Crippen LogP contribution in [0.3, 0.4) is 0 Å². The van der Waals surface area contributed by atoms with Gasteiger partial charge in [0.2, 0.25) is 0 Å². The Bertz CT molecular complexity index is 860. The Labute approximate surface area is 245 Å². The van der Waals surface area contributed by atoms with Crippen molar-refractivity contribution in [2.24, 2.45) is 0 Å². The van der Waals surface area contributed by atoms with Gasteiger partial charge >= 0.3 is 0 Å². The maximum absolute atomic E-state index is 2.23. The van der Waals surface area contributed by atoms with Gasteiger partial charge in [0.1, 0.15) is 0 Å². The van der Waals surface area contributed by atoms with Crippen molar-refractivity contribution in [1.29, 1.82) is 0 Å². The van der Waals surface area contributed by atoms with E-state index in [0.29, 0.717) is 0 Å². The first-order valence-corrected chi connectivity index (χ1v) is 8.79. The summed E-state index contributed by atoms with van der Waals surface area (Å²) >= 11 is 0. The number of rotatable bonds is 4. The second kappa shape index (κ2) is 27.5. The summed E-state index contributed by atoms with van der Waals surface area (Å²) < 4.78 is 0. The van der Waals surface area contributed by atoms with E-state index < -0.39 is 0 Å². The Morgan fingerprint density at radius 2 is 1.36 bits per heavy atom. The average molecular weight is 591 g/mol. The second-order valence-electron chi connectivity index (χ2n) is 6.10. The largest absolute Gasteiger partial charge is 1.00 e. The van der Waals surface area contributed by atoms with E-state index in [9.17, 15) is 0 Å². The van der Waals surface area contributed by atoms with Crippen LogP contribution in [-0.4, -0.2) is 21.9 Å². The Morgan fingerprint density at radius 1 is 0.727 bits per heavy atom. The van der Waals surface area contributed by atoms with Gasteiger partial charge in [-0.15, -0.1) is 29.0 Å². The molecule has 0 aliphatic rings. The summed E-state index contributed by atoms with van der Waals surface area (Å²) in [6.45, 7) is 2.23. The van der Waals surface area contributed by atoms with Gasteiger partial charge in [-0.2, -0.15) is 35.9 Å². The van der Waals surface area contributed by atoms with Crippen LogP contribution >= 0.6 is 0 Å². The topological polar surface area (TPSA) is 0 Å². The van der Waals surface area contributed by atoms with Gasteiger partial charge in [0.15, 0.2) is 0 Å². The number of fused-ring (bicyclic) bond motifs is 1. The molecule has 0 aromatic heterocycles. The Balaban J connectivity index is -0.0000000686. The molecular weight excluding hydrogens is 555 g/mol. The molecule has 0 atom stereocenters. The fourth-order valence-electron chi connectivity index (χ4n) is 2.99. The molecule has 4 rings (SSSR count). The van der Waals surface area contributed by atoms with E-state index in [1.807, 2.05) is 0 Å². The molecule has 8 radical (unpaired) electrons. The molecule has 0 aliphatic heterocycles. The van der Waals surface area contributed by atoms with Crippen LogP contribution in [0.25, 0.3) is 21.9 Å². The molecule has 33 heavy (non-hydrogen) atoms. The molecule has 0 saturated carbocycles. The van der Waals surface area contributed by atoms with Gasteiger partial charge in [0.05, 0.1) is 0 Å². The van der Waals surface area contributed by atoms with E-state index in [1.54, 1.807) is 0 Å². The molecular formula is C28H36Cl2Si2Zr-8. The fraction of sp³-hybridized carbons (Fsp3) is 0.143. The molecule has 0 saturated heterocycles. The van der Waals surface area contributed by atoms with E-state index in [4.69, 9.17) is 0 Å². The van der Waals surface area contributed by atoms with Crippen molar-refractivity contribution >= 4 is 32.7 Å². The summed E-state index contributed by atoms with van der Waals surface area (Å²) in [6, 6.07) is 32.0. The molecule has 0 bridgehead atoms. The Morgan fingerprint density at radius 3 is 1.91 bits per heavy atom. The molecule has 182 valence electrons. The zero-order valence-electron chi connectivity index (χ0n) is 20.5. The molecule has 0 aliphatic carbocycles. The first-order chi connectivity index (χ1) is 11.9. The minimum atomic E-state index is 0. The predicted molar refractivity (Wildman–Crippen MR) is 143 cm³/mol. The summed E-state index contributed by atoms with van der Waals surface area (Å²) in [6.07, 6.45) is 3.87. The van der Waals surface area contributed by atoms with Crippen LogP contribution in [0.2, 0.25) is 0 Å². The van der Waals surface area contributed by atoms with Crippen molar-refractivity contribution in [3.8, 4) is 11.1 Å². The Hall–Kier alpha value is -0.703. The van der Waals surface area contributed by atoms with Gasteiger partial charge in [0.25, 0.3) is 0 Å². The van der Waals surface area contributed by atoms with Crippen LogP contribution in [0.15, 0.2) is 91.0 Å². The minimum absolute atomic E-state index is 0. The molecule has 0 N–H and O–H groups in total. The summed E-state index contributed by atoms with van der Waals surface area (Å²) in [5, 5.41) is 2.65. The SMILES string of the molecule is CCCCc1cc[cH-]c1.[CH3-].[CH3-].[CH3-].[CH3-].[Cl-].[Cl-].[Si].[Si].[Zr].c1ccc(-c2cccc3[cH-]ccc23)cc1. The summed E-state index contributed by atoms with van der Waals surface area (Å²) in [5.41, 5.74) is 4.09. The third-order valence-corrected chi connectivity index (χ3v) is 4.31. The van der Waals surface area contributed by atoms with Crippen LogP contribution in [0.4, 0.5) is 0 Å². The summed E-state index contributed by atoms with van der Waals surface area (Å²) in [7, 11) is 0. The normalized spacial score (nSPS) is 7.55. The third-order valence-electron chi connectivity index (χ3n) is 4.31. The van der Waals surface area contributed by atoms with Crippen LogP contribution in [0.1, 0.15) is 25.3 Å². The number of unbranched alkanes of at least 4 members (excludes halogenated alkanes) is 1. The van der Waals surface area contributed by atoms with Gasteiger partial charge in [-0.3, -0.25) is 0 Å². The average Bonchev–Trinajstić information content (AvgIpc) is 3.32. The van der Waals surface area contributed by atoms with Gasteiger partial charge in [-0.05, 0) is 5.56 Å². The van der Waals surface area contributed by atoms with E-state index in [0.717, 1.165) is 0 Å². The van der Waals surface area contributed by atoms with Crippen LogP contribution < -0.4 is 24.8 Å². The monoisotopic (exact) mass is 588 g/mol. The third kappa shape index (κ3) is 15.0. The standard InChI is InChI=1S/C15H11.C9H13.4CH3.2ClH.2Si.Zr/c1-2-6-12(7-3-1)14-10-4-8-13-9-5-11-15(13)14;1-2-3-6-9-7-4-5-8-9;;;;;;;;;/h1-11H;4-5,7-8H,2-3,6H2,1H3;4*1H3;2*1H;;;/q6*-1;;;;;/p-2. The van der Waals surface area contributed by atoms with Crippen molar-refractivity contribution in [3.63, 3.8) is 0 Å². The van der Waals surface area contributed by atoms with Gasteiger partial charge in [-0.1, -0.05) is 68.1 Å². The molecule has 4 aromatic rings. The molecule has 4 aromatic carbocycles. The minimum Gasteiger partial charge on any atom is -1.00 e. The smallest absolute Gasteiger partial charge is 0 e. The quantitative estimate of drug-likeness (QED) is 0.252. The molecule has 0 unspecified atom stereocenters. The van der Waals surface area contributed by atoms with E-state index in [2.05, 4.69) is 97.9 Å². The maximum atomic E-state index is 2.23. The van der Waals surface area contributed by atoms with Crippen LogP contribution in [0.5, 0.6) is 0 Å². The van der Waals surface area contributed by atoms with Gasteiger partial charge in [-0.25, -0.2) is 6.07 Å². The van der Waals surface area contributed by atoms with Crippen molar-refractivity contribution in [2.45, 2.75) is 26.2 Å². The number of halogens is 2. The van der Waals surface area contributed by atoms with Crippen molar-refractivity contribution in [1.82, 2.24) is 0 Å². The predicted octanol–water partition coefficient (Wildman–Crippen LogP) is 2.02. The number of aryl methyl sites for hydroxylation is 1. The van der Waals surface area contributed by atoms with Crippen LogP contribution in [-0.2, 0) is 32.6 Å². The van der Waals surface area contributed by atoms with Gasteiger partial charge in [0, 0.05) is 48.1 Å². The van der Waals surface area contributed by atoms with E-state index >= 15 is 0 Å². The number of hydrogen-bond donors (Lipinski definition) is 0. The molecule has 0 amide bonds. The zero-order valence-corrected chi connectivity index (χ0v) is 26.5. The van der Waals surface area contributed by atoms with E-state index in [-0.39, 0.29) is 103 Å². The second-order valence-corrected chi connectivity index (χ2v) is 6.10. The number of benzene rings is 2. The number of hydrogen-bond acceptors (Lipinski definition) is 0. The van der Waals surface area contributed by atoms with Crippen molar-refractivity contribution in [3.05, 3.63) is 126 Å².